The van der Waals surface area contributed by atoms with Crippen molar-refractivity contribution in [3.05, 3.63) is 0 Å². The van der Waals surface area contributed by atoms with E-state index in [1.54, 1.807) is 0 Å². The third kappa shape index (κ3) is 1.32. The van der Waals surface area contributed by atoms with Gasteiger partial charge in [-0.3, -0.25) is 0 Å². The summed E-state index contributed by atoms with van der Waals surface area (Å²) in [6.45, 7) is 8.69. The fourth-order valence-corrected chi connectivity index (χ4v) is 4.49. The molecule has 0 bridgehead atoms. The lowest BCUT2D eigenvalue weighted by molar-refractivity contribution is 0.135. The fourth-order valence-electron chi connectivity index (χ4n) is 4.49. The van der Waals surface area contributed by atoms with E-state index >= 15 is 0 Å². The molecule has 0 radical (unpaired) electrons. The molecule has 0 N–H and O–H groups in total. The summed E-state index contributed by atoms with van der Waals surface area (Å²) in [6, 6.07) is 0.910. The molecule has 3 fully saturated rings. The fraction of sp³-hybridized carbons (Fsp3) is 1.00. The molecule has 0 aromatic heterocycles. The lowest BCUT2D eigenvalue weighted by atomic mass is 9.76. The Morgan fingerprint density at radius 1 is 1.20 bits per heavy atom. The molecule has 0 aromatic carbocycles. The second kappa shape index (κ2) is 2.80. The Balaban J connectivity index is 1.92. The number of fused-ring (bicyclic) bond motifs is 2. The molecule has 1 aliphatic heterocycles. The predicted molar refractivity (Wildman–Crippen MR) is 63.8 cm³/mol. The van der Waals surface area contributed by atoms with Gasteiger partial charge < -0.3 is 4.90 Å². The molecule has 3 atom stereocenters. The first-order valence-electron chi connectivity index (χ1n) is 6.64. The van der Waals surface area contributed by atoms with Crippen molar-refractivity contribution >= 4 is 0 Å². The summed E-state index contributed by atoms with van der Waals surface area (Å²) >= 11 is 0. The van der Waals surface area contributed by atoms with Crippen LogP contribution in [0.3, 0.4) is 0 Å². The molecule has 3 rings (SSSR count). The molecule has 1 spiro atoms. The monoisotopic (exact) mass is 207 g/mol. The van der Waals surface area contributed by atoms with Crippen molar-refractivity contribution in [2.24, 2.45) is 22.7 Å². The summed E-state index contributed by atoms with van der Waals surface area (Å²) in [5.41, 5.74) is 1.32. The highest BCUT2D eigenvalue weighted by molar-refractivity contribution is 5.15. The molecule has 15 heavy (non-hydrogen) atoms. The van der Waals surface area contributed by atoms with Gasteiger partial charge in [-0.25, -0.2) is 0 Å². The zero-order chi connectivity index (χ0) is 10.8. The van der Waals surface area contributed by atoms with Crippen molar-refractivity contribution in [2.75, 3.05) is 13.6 Å². The predicted octanol–water partition coefficient (Wildman–Crippen LogP) is 3.15. The van der Waals surface area contributed by atoms with E-state index in [9.17, 15) is 0 Å². The molecule has 1 saturated heterocycles. The summed E-state index contributed by atoms with van der Waals surface area (Å²) in [7, 11) is 2.35. The second-order valence-corrected chi connectivity index (χ2v) is 7.41. The van der Waals surface area contributed by atoms with Crippen LogP contribution in [0.5, 0.6) is 0 Å². The minimum absolute atomic E-state index is 0.508. The highest BCUT2D eigenvalue weighted by Gasteiger charge is 2.63. The molecular formula is C14H25N. The van der Waals surface area contributed by atoms with Gasteiger partial charge in [0.15, 0.2) is 0 Å². The van der Waals surface area contributed by atoms with Gasteiger partial charge in [0.2, 0.25) is 0 Å². The van der Waals surface area contributed by atoms with Crippen molar-refractivity contribution in [3.8, 4) is 0 Å². The Morgan fingerprint density at radius 3 is 2.40 bits per heavy atom. The van der Waals surface area contributed by atoms with E-state index in [1.165, 1.54) is 32.2 Å². The molecule has 3 unspecified atom stereocenters. The summed E-state index contributed by atoms with van der Waals surface area (Å²) in [4.78, 5) is 2.66. The van der Waals surface area contributed by atoms with Crippen LogP contribution in [0.4, 0.5) is 0 Å². The largest absolute Gasteiger partial charge is 0.303 e. The Bertz CT molecular complexity index is 272. The molecule has 86 valence electrons. The Labute approximate surface area is 94.2 Å². The second-order valence-electron chi connectivity index (χ2n) is 7.41. The van der Waals surface area contributed by atoms with E-state index in [4.69, 9.17) is 0 Å². The minimum atomic E-state index is 0.508. The lowest BCUT2D eigenvalue weighted by Crippen LogP contribution is -2.38. The maximum Gasteiger partial charge on any atom is 0.0160 e. The van der Waals surface area contributed by atoms with Gasteiger partial charge in [-0.15, -0.1) is 0 Å². The zero-order valence-corrected chi connectivity index (χ0v) is 10.7. The van der Waals surface area contributed by atoms with Gasteiger partial charge in [0.05, 0.1) is 0 Å². The highest BCUT2D eigenvalue weighted by Crippen LogP contribution is 2.68. The first-order chi connectivity index (χ1) is 6.94. The molecule has 2 saturated carbocycles. The first kappa shape index (κ1) is 10.1. The third-order valence-electron chi connectivity index (χ3n) is 5.54. The quantitative estimate of drug-likeness (QED) is 0.590. The number of rotatable bonds is 0. The van der Waals surface area contributed by atoms with Gasteiger partial charge in [0.25, 0.3) is 0 Å². The van der Waals surface area contributed by atoms with Crippen LogP contribution in [0, 0.1) is 22.7 Å². The maximum atomic E-state index is 2.66. The topological polar surface area (TPSA) is 3.24 Å². The highest BCUT2D eigenvalue weighted by atomic mass is 15.2. The van der Waals surface area contributed by atoms with Crippen LogP contribution in [0.25, 0.3) is 0 Å². The normalized spacial score (nSPS) is 43.6. The van der Waals surface area contributed by atoms with Crippen LogP contribution in [0.2, 0.25) is 0 Å². The molecule has 2 aliphatic carbocycles. The molecule has 0 amide bonds. The molecule has 0 aromatic rings. The van der Waals surface area contributed by atoms with Crippen LogP contribution in [-0.4, -0.2) is 24.5 Å². The Kier molecular flexibility index (Phi) is 1.89. The van der Waals surface area contributed by atoms with Crippen LogP contribution in [-0.2, 0) is 0 Å². The molecular weight excluding hydrogens is 182 g/mol. The van der Waals surface area contributed by atoms with Crippen LogP contribution in [0.1, 0.15) is 46.5 Å². The van der Waals surface area contributed by atoms with Gasteiger partial charge in [0.1, 0.15) is 0 Å². The average molecular weight is 207 g/mol. The average Bonchev–Trinajstić information content (AvgIpc) is 2.65. The van der Waals surface area contributed by atoms with E-state index in [0.29, 0.717) is 5.41 Å². The number of hydrogen-bond acceptors (Lipinski definition) is 1. The van der Waals surface area contributed by atoms with Gasteiger partial charge in [-0.05, 0) is 61.9 Å². The van der Waals surface area contributed by atoms with Crippen LogP contribution in [0.15, 0.2) is 0 Å². The molecule has 3 aliphatic rings. The van der Waals surface area contributed by atoms with E-state index < -0.39 is 0 Å². The van der Waals surface area contributed by atoms with Crippen molar-refractivity contribution in [3.63, 3.8) is 0 Å². The van der Waals surface area contributed by atoms with E-state index in [2.05, 4.69) is 32.7 Å². The van der Waals surface area contributed by atoms with Crippen LogP contribution >= 0.6 is 0 Å². The number of hydrogen-bond donors (Lipinski definition) is 0. The van der Waals surface area contributed by atoms with Crippen molar-refractivity contribution in [1.82, 2.24) is 4.90 Å². The van der Waals surface area contributed by atoms with Crippen molar-refractivity contribution in [1.29, 1.82) is 0 Å². The Hall–Kier alpha value is -0.0400. The molecule has 1 heteroatoms. The van der Waals surface area contributed by atoms with E-state index in [1.807, 2.05) is 0 Å². The number of nitrogens with zero attached hydrogens (tertiary/aromatic N) is 1. The standard InChI is InChI=1S/C14H25N/c1-13(2,3)11-9-14(6-7-14)10-5-8-15(4)12(10)11/h10-12H,5-9H2,1-4H3. The summed E-state index contributed by atoms with van der Waals surface area (Å²) in [5, 5.41) is 0. The van der Waals surface area contributed by atoms with Crippen molar-refractivity contribution < 1.29 is 0 Å². The van der Waals surface area contributed by atoms with Gasteiger partial charge in [-0.1, -0.05) is 20.8 Å². The third-order valence-corrected chi connectivity index (χ3v) is 5.54. The van der Waals surface area contributed by atoms with Crippen molar-refractivity contribution in [2.45, 2.75) is 52.5 Å². The lowest BCUT2D eigenvalue weighted by Gasteiger charge is -2.35. The molecule has 1 nitrogen and oxygen atoms in total. The summed E-state index contributed by atoms with van der Waals surface area (Å²) in [6.07, 6.45) is 6.08. The zero-order valence-electron chi connectivity index (χ0n) is 10.7. The summed E-state index contributed by atoms with van der Waals surface area (Å²) < 4.78 is 0. The molecule has 1 heterocycles. The maximum absolute atomic E-state index is 2.66. The van der Waals surface area contributed by atoms with Gasteiger partial charge in [0, 0.05) is 6.04 Å². The Morgan fingerprint density at radius 2 is 1.87 bits per heavy atom. The van der Waals surface area contributed by atoms with E-state index in [-0.39, 0.29) is 0 Å². The minimum Gasteiger partial charge on any atom is -0.303 e. The van der Waals surface area contributed by atoms with E-state index in [0.717, 1.165) is 23.3 Å². The number of likely N-dealkylation sites (tertiary alicyclic amines) is 1. The smallest absolute Gasteiger partial charge is 0.0160 e. The first-order valence-corrected chi connectivity index (χ1v) is 6.64. The summed E-state index contributed by atoms with van der Waals surface area (Å²) in [5.74, 6) is 1.99. The van der Waals surface area contributed by atoms with Gasteiger partial charge in [-0.2, -0.15) is 0 Å². The van der Waals surface area contributed by atoms with Crippen LogP contribution < -0.4 is 0 Å². The SMILES string of the molecule is CN1CCC2C1C(C(C)(C)C)CC21CC1. The van der Waals surface area contributed by atoms with Gasteiger partial charge >= 0.3 is 0 Å².